The molecule has 29 heavy (non-hydrogen) atoms. The average Bonchev–Trinajstić information content (AvgIpc) is 3.47. The standard InChI is InChI=1S/C20H15FN2O5S/c21-16-6-14-17(23(12-2-3-12)9-15(19(14)24)20(25)26)7-13(16)10-1-4-18-11(5-10)8-22-29(18,27)28/h1,4-7,9,12,22H,2-3,8H2,(H,25,26). The van der Waals surface area contributed by atoms with Gasteiger partial charge in [0.1, 0.15) is 11.4 Å². The van der Waals surface area contributed by atoms with E-state index in [0.29, 0.717) is 16.6 Å². The molecule has 0 unspecified atom stereocenters. The van der Waals surface area contributed by atoms with Gasteiger partial charge < -0.3 is 9.67 Å². The lowest BCUT2D eigenvalue weighted by Crippen LogP contribution is -2.19. The number of fused-ring (bicyclic) bond motifs is 2. The van der Waals surface area contributed by atoms with Gasteiger partial charge in [-0.25, -0.2) is 22.3 Å². The normalized spacial score (nSPS) is 17.4. The van der Waals surface area contributed by atoms with Gasteiger partial charge in [-0.3, -0.25) is 4.79 Å². The summed E-state index contributed by atoms with van der Waals surface area (Å²) in [5.41, 5.74) is 0.609. The number of benzene rings is 2. The van der Waals surface area contributed by atoms with Crippen molar-refractivity contribution in [3.63, 3.8) is 0 Å². The molecule has 0 bridgehead atoms. The van der Waals surface area contributed by atoms with E-state index >= 15 is 0 Å². The second kappa shape index (κ2) is 5.98. The quantitative estimate of drug-likeness (QED) is 0.686. The molecule has 0 saturated heterocycles. The van der Waals surface area contributed by atoms with Gasteiger partial charge in [0, 0.05) is 29.7 Å². The summed E-state index contributed by atoms with van der Waals surface area (Å²) in [5.74, 6) is -2.02. The molecule has 9 heteroatoms. The topological polar surface area (TPSA) is 105 Å². The van der Waals surface area contributed by atoms with Gasteiger partial charge in [0.2, 0.25) is 15.5 Å². The van der Waals surface area contributed by atoms with E-state index in [1.807, 2.05) is 0 Å². The number of aromatic carboxylic acids is 1. The van der Waals surface area contributed by atoms with E-state index in [4.69, 9.17) is 0 Å². The number of hydrogen-bond acceptors (Lipinski definition) is 4. The van der Waals surface area contributed by atoms with Crippen molar-refractivity contribution < 1.29 is 22.7 Å². The highest BCUT2D eigenvalue weighted by molar-refractivity contribution is 7.89. The van der Waals surface area contributed by atoms with Gasteiger partial charge in [0.15, 0.2) is 0 Å². The fraction of sp³-hybridized carbons (Fsp3) is 0.200. The van der Waals surface area contributed by atoms with Crippen LogP contribution < -0.4 is 10.2 Å². The van der Waals surface area contributed by atoms with Crippen molar-refractivity contribution in [2.75, 3.05) is 0 Å². The average molecular weight is 414 g/mol. The lowest BCUT2D eigenvalue weighted by atomic mass is 9.99. The molecule has 1 aliphatic heterocycles. The molecular weight excluding hydrogens is 399 g/mol. The summed E-state index contributed by atoms with van der Waals surface area (Å²) in [6.07, 6.45) is 3.03. The minimum Gasteiger partial charge on any atom is -0.477 e. The number of nitrogens with zero attached hydrogens (tertiary/aromatic N) is 1. The number of sulfonamides is 1. The molecule has 3 aromatic rings. The maximum absolute atomic E-state index is 14.9. The first kappa shape index (κ1) is 18.0. The maximum atomic E-state index is 14.9. The lowest BCUT2D eigenvalue weighted by molar-refractivity contribution is 0.0695. The zero-order valence-electron chi connectivity index (χ0n) is 15.0. The Morgan fingerprint density at radius 2 is 1.97 bits per heavy atom. The van der Waals surface area contributed by atoms with E-state index in [1.165, 1.54) is 24.4 Å². The number of aromatic nitrogens is 1. The van der Waals surface area contributed by atoms with Crippen LogP contribution >= 0.6 is 0 Å². The molecule has 0 amide bonds. The van der Waals surface area contributed by atoms with Gasteiger partial charge in [0.25, 0.3) is 0 Å². The zero-order chi connectivity index (χ0) is 20.5. The Hall–Kier alpha value is -3.04. The Labute approximate surface area is 164 Å². The predicted molar refractivity (Wildman–Crippen MR) is 103 cm³/mol. The maximum Gasteiger partial charge on any atom is 0.341 e. The Balaban J connectivity index is 1.76. The zero-order valence-corrected chi connectivity index (χ0v) is 15.8. The summed E-state index contributed by atoms with van der Waals surface area (Å²) in [4.78, 5) is 24.2. The minimum atomic E-state index is -3.52. The molecule has 148 valence electrons. The fourth-order valence-electron chi connectivity index (χ4n) is 3.80. The van der Waals surface area contributed by atoms with E-state index in [9.17, 15) is 27.5 Å². The highest BCUT2D eigenvalue weighted by Crippen LogP contribution is 2.38. The van der Waals surface area contributed by atoms with Crippen LogP contribution in [0.3, 0.4) is 0 Å². The van der Waals surface area contributed by atoms with Gasteiger partial charge in [-0.05, 0) is 48.2 Å². The van der Waals surface area contributed by atoms with Crippen LogP contribution in [0.5, 0.6) is 0 Å². The van der Waals surface area contributed by atoms with Gasteiger partial charge in [-0.15, -0.1) is 0 Å². The molecule has 1 aromatic heterocycles. The Morgan fingerprint density at radius 3 is 2.66 bits per heavy atom. The van der Waals surface area contributed by atoms with Crippen molar-refractivity contribution in [2.24, 2.45) is 0 Å². The number of halogens is 1. The lowest BCUT2D eigenvalue weighted by Gasteiger charge is -2.14. The fourth-order valence-corrected chi connectivity index (χ4v) is 5.02. The summed E-state index contributed by atoms with van der Waals surface area (Å²) in [6.45, 7) is 0.134. The van der Waals surface area contributed by atoms with Gasteiger partial charge in [-0.1, -0.05) is 6.07 Å². The third kappa shape index (κ3) is 2.77. The van der Waals surface area contributed by atoms with Gasteiger partial charge in [0.05, 0.1) is 10.4 Å². The number of carboxylic acid groups (broad SMARTS) is 1. The van der Waals surface area contributed by atoms with E-state index in [0.717, 1.165) is 18.9 Å². The Bertz CT molecular complexity index is 1390. The number of nitrogens with one attached hydrogen (secondary N) is 1. The van der Waals surface area contributed by atoms with Crippen molar-refractivity contribution in [2.45, 2.75) is 30.3 Å². The second-order valence-electron chi connectivity index (χ2n) is 7.31. The molecule has 2 N–H and O–H groups in total. The second-order valence-corrected chi connectivity index (χ2v) is 9.05. The van der Waals surface area contributed by atoms with Gasteiger partial charge >= 0.3 is 5.97 Å². The first-order valence-electron chi connectivity index (χ1n) is 9.01. The summed E-state index contributed by atoms with van der Waals surface area (Å²) < 4.78 is 42.9. The van der Waals surface area contributed by atoms with Crippen molar-refractivity contribution in [3.05, 3.63) is 63.7 Å². The van der Waals surface area contributed by atoms with Crippen LogP contribution in [0.4, 0.5) is 4.39 Å². The smallest absolute Gasteiger partial charge is 0.341 e. The Morgan fingerprint density at radius 1 is 1.21 bits per heavy atom. The third-order valence-corrected chi connectivity index (χ3v) is 6.91. The van der Waals surface area contributed by atoms with Crippen LogP contribution in [0.15, 0.2) is 46.2 Å². The number of pyridine rings is 1. The molecule has 5 rings (SSSR count). The van der Waals surface area contributed by atoms with E-state index in [2.05, 4.69) is 4.72 Å². The highest BCUT2D eigenvalue weighted by atomic mass is 32.2. The molecule has 1 fully saturated rings. The molecule has 0 atom stereocenters. The van der Waals surface area contributed by atoms with Crippen LogP contribution in [-0.2, 0) is 16.6 Å². The molecule has 2 aromatic carbocycles. The number of carbonyl (C=O) groups is 1. The van der Waals surface area contributed by atoms with Crippen LogP contribution in [0.1, 0.15) is 34.8 Å². The third-order valence-electron chi connectivity index (χ3n) is 5.41. The molecule has 0 spiro atoms. The van der Waals surface area contributed by atoms with E-state index in [1.54, 1.807) is 10.6 Å². The summed E-state index contributed by atoms with van der Waals surface area (Å²) in [7, 11) is -3.52. The number of carboxylic acids is 1. The van der Waals surface area contributed by atoms with Crippen molar-refractivity contribution in [3.8, 4) is 11.1 Å². The monoisotopic (exact) mass is 414 g/mol. The summed E-state index contributed by atoms with van der Waals surface area (Å²) in [6, 6.07) is 7.26. The molecular formula is C20H15FN2O5S. The molecule has 1 aliphatic carbocycles. The van der Waals surface area contributed by atoms with Crippen LogP contribution in [0, 0.1) is 5.82 Å². The number of rotatable bonds is 3. The SMILES string of the molecule is O=C(O)c1cn(C2CC2)c2cc(-c3ccc4c(c3)CNS4(=O)=O)c(F)cc2c1=O. The van der Waals surface area contributed by atoms with Crippen LogP contribution in [-0.4, -0.2) is 24.1 Å². The van der Waals surface area contributed by atoms with E-state index in [-0.39, 0.29) is 34.0 Å². The van der Waals surface area contributed by atoms with Crippen LogP contribution in [0.2, 0.25) is 0 Å². The summed E-state index contributed by atoms with van der Waals surface area (Å²) in [5, 5.41) is 9.34. The molecule has 1 saturated carbocycles. The first-order chi connectivity index (χ1) is 13.8. The molecule has 2 aliphatic rings. The van der Waals surface area contributed by atoms with Gasteiger partial charge in [-0.2, -0.15) is 0 Å². The minimum absolute atomic E-state index is 0.0171. The molecule has 2 heterocycles. The highest BCUT2D eigenvalue weighted by Gasteiger charge is 2.28. The predicted octanol–water partition coefficient (Wildman–Crippen LogP) is 2.63. The van der Waals surface area contributed by atoms with Crippen molar-refractivity contribution in [1.82, 2.24) is 9.29 Å². The van der Waals surface area contributed by atoms with Crippen molar-refractivity contribution >= 4 is 26.9 Å². The van der Waals surface area contributed by atoms with Crippen LogP contribution in [0.25, 0.3) is 22.0 Å². The first-order valence-corrected chi connectivity index (χ1v) is 10.5. The molecule has 0 radical (unpaired) electrons. The van der Waals surface area contributed by atoms with Crippen molar-refractivity contribution in [1.29, 1.82) is 0 Å². The Kier molecular flexibility index (Phi) is 3.71. The summed E-state index contributed by atoms with van der Waals surface area (Å²) >= 11 is 0. The largest absolute Gasteiger partial charge is 0.477 e. The number of hydrogen-bond donors (Lipinski definition) is 2. The molecule has 7 nitrogen and oxygen atoms in total. The van der Waals surface area contributed by atoms with E-state index < -0.39 is 27.2 Å².